The van der Waals surface area contributed by atoms with Crippen LogP contribution in [-0.4, -0.2) is 12.2 Å². The quantitative estimate of drug-likeness (QED) is 0.788. The minimum Gasteiger partial charge on any atom is -0.443 e. The van der Waals surface area contributed by atoms with Crippen molar-refractivity contribution >= 4 is 6.09 Å². The highest BCUT2D eigenvalue weighted by atomic mass is 16.6. The van der Waals surface area contributed by atoms with Crippen molar-refractivity contribution < 1.29 is 9.53 Å². The predicted molar refractivity (Wildman–Crippen MR) is 62.0 cm³/mol. The number of amides is 1. The normalized spacial score (nSPS) is 25.1. The number of rotatable bonds is 1. The van der Waals surface area contributed by atoms with Crippen LogP contribution in [0.5, 0.6) is 0 Å². The van der Waals surface area contributed by atoms with E-state index in [2.05, 4.69) is 26.1 Å². The molecule has 1 aliphatic heterocycles. The van der Waals surface area contributed by atoms with Gasteiger partial charge in [-0.3, -0.25) is 0 Å². The lowest BCUT2D eigenvalue weighted by molar-refractivity contribution is 0.0558. The third kappa shape index (κ3) is 2.03. The topological polar surface area (TPSA) is 38.3 Å². The molecule has 1 aliphatic rings. The molecule has 1 heterocycles. The fraction of sp³-hybridized carbons (Fsp3) is 0.462. The van der Waals surface area contributed by atoms with Gasteiger partial charge in [0.2, 0.25) is 0 Å². The van der Waals surface area contributed by atoms with E-state index in [1.807, 2.05) is 30.3 Å². The molecule has 0 radical (unpaired) electrons. The van der Waals surface area contributed by atoms with Crippen molar-refractivity contribution in [3.8, 4) is 0 Å². The lowest BCUT2D eigenvalue weighted by atomic mass is 9.82. The van der Waals surface area contributed by atoms with E-state index in [1.165, 1.54) is 0 Å². The van der Waals surface area contributed by atoms with Gasteiger partial charge in [-0.05, 0) is 5.56 Å². The highest BCUT2D eigenvalue weighted by Crippen LogP contribution is 2.36. The van der Waals surface area contributed by atoms with Gasteiger partial charge in [0.25, 0.3) is 0 Å². The van der Waals surface area contributed by atoms with Crippen molar-refractivity contribution in [1.82, 2.24) is 5.32 Å². The Kier molecular flexibility index (Phi) is 2.62. The van der Waals surface area contributed by atoms with E-state index in [4.69, 9.17) is 4.74 Å². The van der Waals surface area contributed by atoms with E-state index in [0.29, 0.717) is 0 Å². The molecule has 86 valence electrons. The number of ether oxygens (including phenoxy) is 1. The first-order valence-corrected chi connectivity index (χ1v) is 5.50. The molecule has 1 N–H and O–H groups in total. The van der Waals surface area contributed by atoms with Crippen LogP contribution in [0.1, 0.15) is 32.4 Å². The Bertz CT molecular complexity index is 381. The fourth-order valence-corrected chi connectivity index (χ4v) is 2.02. The summed E-state index contributed by atoms with van der Waals surface area (Å²) in [5.41, 5.74) is 1.02. The molecule has 3 heteroatoms. The van der Waals surface area contributed by atoms with Crippen LogP contribution in [0.25, 0.3) is 0 Å². The molecule has 0 unspecified atom stereocenters. The van der Waals surface area contributed by atoms with Crippen LogP contribution in [0.2, 0.25) is 0 Å². The van der Waals surface area contributed by atoms with Gasteiger partial charge in [-0.15, -0.1) is 0 Å². The average Bonchev–Trinajstić information content (AvgIpc) is 2.61. The molecule has 1 fully saturated rings. The fourth-order valence-electron chi connectivity index (χ4n) is 2.02. The summed E-state index contributed by atoms with van der Waals surface area (Å²) in [5, 5.41) is 2.87. The van der Waals surface area contributed by atoms with Crippen molar-refractivity contribution in [3.05, 3.63) is 35.9 Å². The number of hydrogen-bond acceptors (Lipinski definition) is 2. The Morgan fingerprint density at radius 3 is 2.38 bits per heavy atom. The Labute approximate surface area is 95.8 Å². The van der Waals surface area contributed by atoms with Gasteiger partial charge in [-0.25, -0.2) is 4.79 Å². The van der Waals surface area contributed by atoms with Gasteiger partial charge < -0.3 is 10.1 Å². The van der Waals surface area contributed by atoms with Gasteiger partial charge in [0.1, 0.15) is 6.10 Å². The van der Waals surface area contributed by atoms with Gasteiger partial charge in [0, 0.05) is 5.41 Å². The number of carbonyl (C=O) groups is 1. The van der Waals surface area contributed by atoms with Crippen molar-refractivity contribution in [2.24, 2.45) is 5.41 Å². The molecule has 0 saturated carbocycles. The summed E-state index contributed by atoms with van der Waals surface area (Å²) in [5.74, 6) is 0. The number of cyclic esters (lactones) is 1. The van der Waals surface area contributed by atoms with Crippen molar-refractivity contribution in [3.63, 3.8) is 0 Å². The Balaban J connectivity index is 2.30. The molecule has 2 rings (SSSR count). The zero-order valence-corrected chi connectivity index (χ0v) is 9.86. The maximum Gasteiger partial charge on any atom is 0.408 e. The van der Waals surface area contributed by atoms with Crippen LogP contribution in [0.3, 0.4) is 0 Å². The molecule has 0 bridgehead atoms. The number of alkyl carbamates (subject to hydrolysis) is 1. The summed E-state index contributed by atoms with van der Waals surface area (Å²) < 4.78 is 5.34. The minimum absolute atomic E-state index is 0.0475. The summed E-state index contributed by atoms with van der Waals surface area (Å²) in [7, 11) is 0. The Hall–Kier alpha value is -1.51. The van der Waals surface area contributed by atoms with E-state index in [1.54, 1.807) is 0 Å². The van der Waals surface area contributed by atoms with Crippen LogP contribution in [0.15, 0.2) is 30.3 Å². The molecule has 1 saturated heterocycles. The smallest absolute Gasteiger partial charge is 0.408 e. The average molecular weight is 219 g/mol. The standard InChI is InChI=1S/C13H17NO2/c1-13(2,3)11-10(14-12(15)16-11)9-7-5-4-6-8-9/h4-8,10-11H,1-3H3,(H,14,15)/t10-,11-/m1/s1. The molecule has 3 nitrogen and oxygen atoms in total. The van der Waals surface area contributed by atoms with Crippen LogP contribution < -0.4 is 5.32 Å². The van der Waals surface area contributed by atoms with E-state index in [-0.39, 0.29) is 23.7 Å². The SMILES string of the molecule is CC(C)(C)[C@@H]1OC(=O)N[C@@H]1c1ccccc1. The van der Waals surface area contributed by atoms with E-state index >= 15 is 0 Å². The molecular formula is C13H17NO2. The van der Waals surface area contributed by atoms with Crippen LogP contribution in [0, 0.1) is 5.41 Å². The number of nitrogens with one attached hydrogen (secondary N) is 1. The van der Waals surface area contributed by atoms with Crippen molar-refractivity contribution in [2.45, 2.75) is 32.9 Å². The highest BCUT2D eigenvalue weighted by molar-refractivity contribution is 5.71. The third-order valence-electron chi connectivity index (χ3n) is 2.82. The molecule has 1 aromatic carbocycles. The van der Waals surface area contributed by atoms with Crippen LogP contribution >= 0.6 is 0 Å². The summed E-state index contributed by atoms with van der Waals surface area (Å²) in [6.45, 7) is 6.23. The number of carbonyl (C=O) groups excluding carboxylic acids is 1. The summed E-state index contributed by atoms with van der Waals surface area (Å²) in [4.78, 5) is 11.4. The first-order valence-electron chi connectivity index (χ1n) is 5.50. The molecular weight excluding hydrogens is 202 g/mol. The number of benzene rings is 1. The number of hydrogen-bond donors (Lipinski definition) is 1. The lowest BCUT2D eigenvalue weighted by Gasteiger charge is -2.29. The summed E-state index contributed by atoms with van der Waals surface area (Å²) in [6.07, 6.45) is -0.448. The highest BCUT2D eigenvalue weighted by Gasteiger charge is 2.42. The molecule has 1 aromatic rings. The van der Waals surface area contributed by atoms with Gasteiger partial charge >= 0.3 is 6.09 Å². The zero-order chi connectivity index (χ0) is 11.8. The van der Waals surface area contributed by atoms with E-state index in [0.717, 1.165) is 5.56 Å². The largest absolute Gasteiger partial charge is 0.443 e. The maximum absolute atomic E-state index is 11.4. The third-order valence-corrected chi connectivity index (χ3v) is 2.82. The zero-order valence-electron chi connectivity index (χ0n) is 9.86. The Morgan fingerprint density at radius 1 is 1.19 bits per heavy atom. The van der Waals surface area contributed by atoms with Crippen LogP contribution in [-0.2, 0) is 4.74 Å². The van der Waals surface area contributed by atoms with E-state index in [9.17, 15) is 4.79 Å². The lowest BCUT2D eigenvalue weighted by Crippen LogP contribution is -2.33. The van der Waals surface area contributed by atoms with Gasteiger partial charge in [0.05, 0.1) is 6.04 Å². The second-order valence-corrected chi connectivity index (χ2v) is 5.22. The minimum atomic E-state index is -0.325. The molecule has 2 atom stereocenters. The van der Waals surface area contributed by atoms with Gasteiger partial charge in [-0.2, -0.15) is 0 Å². The molecule has 0 aliphatic carbocycles. The van der Waals surface area contributed by atoms with Gasteiger partial charge in [-0.1, -0.05) is 51.1 Å². The molecule has 16 heavy (non-hydrogen) atoms. The van der Waals surface area contributed by atoms with Crippen molar-refractivity contribution in [2.75, 3.05) is 0 Å². The Morgan fingerprint density at radius 2 is 1.81 bits per heavy atom. The first kappa shape index (κ1) is 11.0. The van der Waals surface area contributed by atoms with Gasteiger partial charge in [0.15, 0.2) is 0 Å². The second kappa shape index (κ2) is 3.81. The van der Waals surface area contributed by atoms with E-state index < -0.39 is 0 Å². The van der Waals surface area contributed by atoms with Crippen molar-refractivity contribution in [1.29, 1.82) is 0 Å². The summed E-state index contributed by atoms with van der Waals surface area (Å²) >= 11 is 0. The monoisotopic (exact) mass is 219 g/mol. The summed E-state index contributed by atoms with van der Waals surface area (Å²) in [6, 6.07) is 9.89. The first-order chi connectivity index (χ1) is 7.48. The molecule has 0 spiro atoms. The van der Waals surface area contributed by atoms with Crippen LogP contribution in [0.4, 0.5) is 4.79 Å². The second-order valence-electron chi connectivity index (χ2n) is 5.22. The molecule has 0 aromatic heterocycles. The maximum atomic E-state index is 11.4. The predicted octanol–water partition coefficient (Wildman–Crippen LogP) is 2.88. The molecule has 1 amide bonds.